The van der Waals surface area contributed by atoms with Gasteiger partial charge < -0.3 is 19.7 Å². The number of benzene rings is 3. The molecule has 0 aliphatic rings. The zero-order valence-corrected chi connectivity index (χ0v) is 19.7. The maximum absolute atomic E-state index is 12.0. The Balaban J connectivity index is 1.78. The molecule has 1 heterocycles. The molecule has 0 amide bonds. The number of rotatable bonds is 8. The first-order chi connectivity index (χ1) is 16.5. The van der Waals surface area contributed by atoms with E-state index in [0.717, 1.165) is 36.1 Å². The fourth-order valence-corrected chi connectivity index (χ4v) is 4.11. The van der Waals surface area contributed by atoms with E-state index in [0.29, 0.717) is 22.4 Å². The van der Waals surface area contributed by atoms with Crippen molar-refractivity contribution >= 4 is 28.3 Å². The van der Waals surface area contributed by atoms with Crippen LogP contribution < -0.4 is 0 Å². The molecular weight excluding hydrogens is 426 g/mol. The molecule has 0 fully saturated rings. The maximum atomic E-state index is 12.0. The highest BCUT2D eigenvalue weighted by Crippen LogP contribution is 2.32. The number of aromatic nitrogens is 1. The van der Waals surface area contributed by atoms with Crippen LogP contribution in [-0.2, 0) is 11.3 Å². The van der Waals surface area contributed by atoms with Crippen LogP contribution in [0.3, 0.4) is 0 Å². The third kappa shape index (κ3) is 5.02. The Morgan fingerprint density at radius 1 is 1.03 bits per heavy atom. The minimum absolute atomic E-state index is 0.00238. The van der Waals surface area contributed by atoms with Crippen molar-refractivity contribution in [3.63, 3.8) is 0 Å². The quantitative estimate of drug-likeness (QED) is 0.265. The van der Waals surface area contributed by atoms with E-state index in [-0.39, 0.29) is 5.88 Å². The van der Waals surface area contributed by atoms with Crippen LogP contribution in [0.4, 0.5) is 5.69 Å². The average molecular weight is 456 g/mol. The first-order valence-corrected chi connectivity index (χ1v) is 11.3. The molecule has 0 spiro atoms. The van der Waals surface area contributed by atoms with E-state index >= 15 is 0 Å². The summed E-state index contributed by atoms with van der Waals surface area (Å²) in [6.07, 6.45) is 1.12. The summed E-state index contributed by atoms with van der Waals surface area (Å²) in [7, 11) is 3.46. The van der Waals surface area contributed by atoms with E-state index in [9.17, 15) is 9.90 Å². The Kier molecular flexibility index (Phi) is 7.09. The first-order valence-electron chi connectivity index (χ1n) is 11.3. The molecule has 34 heavy (non-hydrogen) atoms. The van der Waals surface area contributed by atoms with Gasteiger partial charge in [-0.25, -0.2) is 9.79 Å². The normalized spacial score (nSPS) is 11.8. The second-order valence-corrected chi connectivity index (χ2v) is 8.33. The Hall–Kier alpha value is -3.90. The van der Waals surface area contributed by atoms with E-state index in [1.165, 1.54) is 12.7 Å². The summed E-state index contributed by atoms with van der Waals surface area (Å²) in [4.78, 5) is 22.2. The number of nitrogens with one attached hydrogen (secondary N) is 1. The zero-order chi connectivity index (χ0) is 24.1. The van der Waals surface area contributed by atoms with E-state index in [1.807, 2.05) is 42.5 Å². The van der Waals surface area contributed by atoms with E-state index < -0.39 is 5.97 Å². The van der Waals surface area contributed by atoms with Gasteiger partial charge >= 0.3 is 5.97 Å². The number of methoxy groups -OCH3 is 1. The van der Waals surface area contributed by atoms with Crippen molar-refractivity contribution in [1.82, 2.24) is 9.88 Å². The minimum atomic E-state index is -0.431. The van der Waals surface area contributed by atoms with Crippen molar-refractivity contribution in [3.8, 4) is 5.88 Å². The lowest BCUT2D eigenvalue weighted by Crippen LogP contribution is -2.18. The van der Waals surface area contributed by atoms with Crippen LogP contribution >= 0.6 is 0 Å². The van der Waals surface area contributed by atoms with Gasteiger partial charge in [0.2, 0.25) is 0 Å². The average Bonchev–Trinajstić information content (AvgIpc) is 3.18. The fraction of sp³-hybridized carbons (Fsp3) is 0.214. The summed E-state index contributed by atoms with van der Waals surface area (Å²) in [6.45, 7) is 4.11. The number of aromatic amines is 1. The van der Waals surface area contributed by atoms with Crippen molar-refractivity contribution in [1.29, 1.82) is 0 Å². The minimum Gasteiger partial charge on any atom is -0.494 e. The highest BCUT2D eigenvalue weighted by atomic mass is 16.5. The molecule has 6 heteroatoms. The predicted molar refractivity (Wildman–Crippen MR) is 136 cm³/mol. The molecule has 6 nitrogen and oxygen atoms in total. The summed E-state index contributed by atoms with van der Waals surface area (Å²) in [5.41, 5.74) is 5.16. The van der Waals surface area contributed by atoms with Gasteiger partial charge in [0.1, 0.15) is 0 Å². The molecule has 0 aliphatic heterocycles. The number of fused-ring (bicyclic) bond motifs is 1. The Morgan fingerprint density at radius 3 is 2.44 bits per heavy atom. The smallest absolute Gasteiger partial charge is 0.337 e. The Labute approximate surface area is 199 Å². The van der Waals surface area contributed by atoms with Gasteiger partial charge in [0.25, 0.3) is 0 Å². The number of hydrogen-bond donors (Lipinski definition) is 2. The molecule has 0 atom stereocenters. The van der Waals surface area contributed by atoms with E-state index in [4.69, 9.17) is 9.73 Å². The molecule has 4 rings (SSSR count). The van der Waals surface area contributed by atoms with Gasteiger partial charge in [0, 0.05) is 23.0 Å². The van der Waals surface area contributed by atoms with Crippen molar-refractivity contribution in [3.05, 3.63) is 95.1 Å². The first kappa shape index (κ1) is 23.3. The maximum Gasteiger partial charge on any atom is 0.337 e. The highest BCUT2D eigenvalue weighted by molar-refractivity contribution is 6.22. The summed E-state index contributed by atoms with van der Waals surface area (Å²) in [6, 6.07) is 23.1. The van der Waals surface area contributed by atoms with Gasteiger partial charge in [-0.05, 0) is 49.8 Å². The van der Waals surface area contributed by atoms with Gasteiger partial charge in [0.15, 0.2) is 5.88 Å². The van der Waals surface area contributed by atoms with Crippen molar-refractivity contribution in [2.24, 2.45) is 4.99 Å². The topological polar surface area (TPSA) is 77.9 Å². The molecule has 0 aliphatic carbocycles. The molecule has 2 N–H and O–H groups in total. The molecular formula is C28H29N3O3. The number of esters is 1. The number of nitrogens with zero attached hydrogens (tertiary/aromatic N) is 2. The predicted octanol–water partition coefficient (Wildman–Crippen LogP) is 5.67. The molecule has 0 saturated carbocycles. The fourth-order valence-electron chi connectivity index (χ4n) is 4.11. The van der Waals surface area contributed by atoms with Crippen LogP contribution in [0.5, 0.6) is 5.88 Å². The van der Waals surface area contributed by atoms with Crippen LogP contribution in [-0.4, -0.2) is 47.4 Å². The van der Waals surface area contributed by atoms with Crippen LogP contribution in [0.1, 0.15) is 40.4 Å². The number of ether oxygens (including phenoxy) is 1. The van der Waals surface area contributed by atoms with Gasteiger partial charge in [-0.2, -0.15) is 0 Å². The molecule has 0 unspecified atom stereocenters. The molecule has 174 valence electrons. The van der Waals surface area contributed by atoms with Crippen LogP contribution in [0.15, 0.2) is 77.8 Å². The molecule has 0 radical (unpaired) electrons. The third-order valence-electron chi connectivity index (χ3n) is 5.72. The number of carbonyl (C=O) groups excluding carboxylic acids is 1. The Morgan fingerprint density at radius 2 is 1.76 bits per heavy atom. The summed E-state index contributed by atoms with van der Waals surface area (Å²) in [5, 5.41) is 11.6. The number of H-pyrrole nitrogens is 1. The number of hydrogen-bond acceptors (Lipinski definition) is 5. The number of aliphatic imine (C=N–C) groups is 1. The van der Waals surface area contributed by atoms with Crippen molar-refractivity contribution in [2.75, 3.05) is 20.7 Å². The third-order valence-corrected chi connectivity index (χ3v) is 5.72. The van der Waals surface area contributed by atoms with E-state index in [2.05, 4.69) is 36.0 Å². The summed E-state index contributed by atoms with van der Waals surface area (Å²) < 4.78 is 4.82. The second-order valence-electron chi connectivity index (χ2n) is 8.33. The van der Waals surface area contributed by atoms with Crippen LogP contribution in [0.2, 0.25) is 0 Å². The largest absolute Gasteiger partial charge is 0.494 e. The standard InChI is InChI=1S/C28H29N3O3/c1-4-16-31(2)18-19-10-13-22(14-11-19)29-26(20-8-6-5-7-9-20)25-23-15-12-21(28(33)34-3)17-24(23)30-27(25)32/h5-15,17,30,32H,4,16,18H2,1-3H3. The van der Waals surface area contributed by atoms with Crippen molar-refractivity contribution in [2.45, 2.75) is 19.9 Å². The molecule has 4 aromatic rings. The van der Waals surface area contributed by atoms with Crippen LogP contribution in [0, 0.1) is 0 Å². The summed E-state index contributed by atoms with van der Waals surface area (Å²) >= 11 is 0. The number of carbonyl (C=O) groups is 1. The van der Waals surface area contributed by atoms with Gasteiger partial charge in [-0.3, -0.25) is 0 Å². The lowest BCUT2D eigenvalue weighted by atomic mass is 10.00. The molecule has 0 saturated heterocycles. The molecule has 3 aromatic carbocycles. The lowest BCUT2D eigenvalue weighted by molar-refractivity contribution is 0.0601. The summed E-state index contributed by atoms with van der Waals surface area (Å²) in [5.74, 6) is -0.434. The lowest BCUT2D eigenvalue weighted by Gasteiger charge is -2.15. The van der Waals surface area contributed by atoms with Crippen LogP contribution in [0.25, 0.3) is 10.9 Å². The van der Waals surface area contributed by atoms with Crippen molar-refractivity contribution < 1.29 is 14.6 Å². The second kappa shape index (κ2) is 10.4. The SMILES string of the molecule is CCCN(C)Cc1ccc(N=C(c2ccccc2)c2c(O)[nH]c3cc(C(=O)OC)ccc23)cc1. The highest BCUT2D eigenvalue weighted by Gasteiger charge is 2.20. The van der Waals surface area contributed by atoms with E-state index in [1.54, 1.807) is 18.2 Å². The molecule has 1 aromatic heterocycles. The van der Waals surface area contributed by atoms with Gasteiger partial charge in [-0.15, -0.1) is 0 Å². The van der Waals surface area contributed by atoms with Gasteiger partial charge in [-0.1, -0.05) is 55.5 Å². The number of aromatic hydroxyl groups is 1. The van der Waals surface area contributed by atoms with Gasteiger partial charge in [0.05, 0.1) is 29.6 Å². The monoisotopic (exact) mass is 455 g/mol. The molecule has 0 bridgehead atoms. The zero-order valence-electron chi connectivity index (χ0n) is 19.7. The Bertz CT molecular complexity index is 1310.